The Kier molecular flexibility index (Phi) is 3.64. The molecule has 0 aromatic carbocycles. The Morgan fingerprint density at radius 2 is 1.94 bits per heavy atom. The molecule has 4 nitrogen and oxygen atoms in total. The molecule has 98 valence electrons. The molecule has 3 heterocycles. The zero-order valence-electron chi connectivity index (χ0n) is 10.9. The molecule has 2 N–H and O–H groups in total. The average Bonchev–Trinajstić information content (AvgIpc) is 2.95. The molecule has 0 amide bonds. The van der Waals surface area contributed by atoms with Crippen molar-refractivity contribution in [1.29, 1.82) is 0 Å². The van der Waals surface area contributed by atoms with Crippen LogP contribution in [0.5, 0.6) is 0 Å². The summed E-state index contributed by atoms with van der Waals surface area (Å²) in [5.41, 5.74) is 1.16. The van der Waals surface area contributed by atoms with Crippen LogP contribution in [-0.2, 0) is 0 Å². The summed E-state index contributed by atoms with van der Waals surface area (Å²) >= 11 is 0. The first kappa shape index (κ1) is 11.8. The van der Waals surface area contributed by atoms with Crippen molar-refractivity contribution in [2.45, 2.75) is 31.7 Å². The fraction of sp³-hybridized carbons (Fsp3) is 0.643. The van der Waals surface area contributed by atoms with Gasteiger partial charge < -0.3 is 15.5 Å². The van der Waals surface area contributed by atoms with Crippen LogP contribution >= 0.6 is 0 Å². The van der Waals surface area contributed by atoms with Crippen LogP contribution in [0.25, 0.3) is 0 Å². The van der Waals surface area contributed by atoms with E-state index in [1.165, 1.54) is 25.7 Å². The number of nitrogens with one attached hydrogen (secondary N) is 2. The van der Waals surface area contributed by atoms with E-state index in [4.69, 9.17) is 0 Å². The molecule has 0 bridgehead atoms. The van der Waals surface area contributed by atoms with Crippen LogP contribution in [0.1, 0.15) is 25.7 Å². The Bertz CT molecular complexity index is 364. The van der Waals surface area contributed by atoms with E-state index in [-0.39, 0.29) is 0 Å². The van der Waals surface area contributed by atoms with Gasteiger partial charge in [0.2, 0.25) is 0 Å². The van der Waals surface area contributed by atoms with Crippen LogP contribution in [0.15, 0.2) is 18.3 Å². The van der Waals surface area contributed by atoms with Gasteiger partial charge in [0, 0.05) is 19.1 Å². The maximum atomic E-state index is 4.57. The summed E-state index contributed by atoms with van der Waals surface area (Å²) in [7, 11) is 0. The predicted octanol–water partition coefficient (Wildman–Crippen LogP) is 1.85. The lowest BCUT2D eigenvalue weighted by atomic mass is 10.1. The topological polar surface area (TPSA) is 40.2 Å². The quantitative estimate of drug-likeness (QED) is 0.854. The normalized spacial score (nSPS) is 21.2. The van der Waals surface area contributed by atoms with Crippen molar-refractivity contribution in [3.63, 3.8) is 0 Å². The van der Waals surface area contributed by atoms with Crippen LogP contribution < -0.4 is 15.5 Å². The molecule has 0 saturated carbocycles. The van der Waals surface area contributed by atoms with Crippen molar-refractivity contribution in [1.82, 2.24) is 10.3 Å². The highest BCUT2D eigenvalue weighted by atomic mass is 15.2. The number of piperidine rings is 1. The third-order valence-electron chi connectivity index (χ3n) is 3.89. The number of hydrogen-bond acceptors (Lipinski definition) is 4. The van der Waals surface area contributed by atoms with Gasteiger partial charge in [-0.3, -0.25) is 0 Å². The van der Waals surface area contributed by atoms with E-state index >= 15 is 0 Å². The summed E-state index contributed by atoms with van der Waals surface area (Å²) in [4.78, 5) is 6.94. The first-order valence-electron chi connectivity index (χ1n) is 7.10. The predicted molar refractivity (Wildman–Crippen MR) is 75.2 cm³/mol. The number of aromatic nitrogens is 1. The van der Waals surface area contributed by atoms with Gasteiger partial charge in [0.05, 0.1) is 11.9 Å². The molecule has 2 aliphatic rings. The van der Waals surface area contributed by atoms with E-state index in [1.54, 1.807) is 0 Å². The molecule has 0 radical (unpaired) electrons. The van der Waals surface area contributed by atoms with Crippen molar-refractivity contribution in [2.75, 3.05) is 36.4 Å². The van der Waals surface area contributed by atoms with Crippen LogP contribution in [0.3, 0.4) is 0 Å². The lowest BCUT2D eigenvalue weighted by Crippen LogP contribution is -2.35. The Morgan fingerprint density at radius 1 is 1.17 bits per heavy atom. The van der Waals surface area contributed by atoms with Crippen LogP contribution in [-0.4, -0.2) is 37.2 Å². The fourth-order valence-corrected chi connectivity index (χ4v) is 2.81. The lowest BCUT2D eigenvalue weighted by Gasteiger charge is -2.25. The zero-order valence-corrected chi connectivity index (χ0v) is 10.9. The molecule has 0 aliphatic carbocycles. The van der Waals surface area contributed by atoms with E-state index in [1.807, 2.05) is 6.20 Å². The second-order valence-electron chi connectivity index (χ2n) is 5.27. The van der Waals surface area contributed by atoms with E-state index in [2.05, 4.69) is 32.7 Å². The van der Waals surface area contributed by atoms with E-state index in [0.717, 1.165) is 37.7 Å². The minimum absolute atomic E-state index is 0.602. The Hall–Kier alpha value is -1.29. The van der Waals surface area contributed by atoms with Crippen molar-refractivity contribution in [3.05, 3.63) is 18.3 Å². The molecular formula is C14H22N4. The molecule has 0 unspecified atom stereocenters. The van der Waals surface area contributed by atoms with Gasteiger partial charge in [0.25, 0.3) is 0 Å². The highest BCUT2D eigenvalue weighted by molar-refractivity contribution is 5.49. The maximum Gasteiger partial charge on any atom is 0.128 e. The summed E-state index contributed by atoms with van der Waals surface area (Å²) in [6, 6.07) is 4.92. The van der Waals surface area contributed by atoms with Gasteiger partial charge in [-0.1, -0.05) is 0 Å². The smallest absolute Gasteiger partial charge is 0.128 e. The Labute approximate surface area is 109 Å². The SMILES string of the molecule is c1cc(N2CCCC2)ncc1NC1CCNCC1. The van der Waals surface area contributed by atoms with Crippen molar-refractivity contribution < 1.29 is 0 Å². The maximum absolute atomic E-state index is 4.57. The summed E-state index contributed by atoms with van der Waals surface area (Å²) < 4.78 is 0. The van der Waals surface area contributed by atoms with Gasteiger partial charge in [0.1, 0.15) is 5.82 Å². The van der Waals surface area contributed by atoms with E-state index in [0.29, 0.717) is 6.04 Å². The number of hydrogen-bond donors (Lipinski definition) is 2. The number of nitrogens with zero attached hydrogens (tertiary/aromatic N) is 2. The molecule has 2 saturated heterocycles. The fourth-order valence-electron chi connectivity index (χ4n) is 2.81. The standard InChI is InChI=1S/C14H22N4/c1-2-10-18(9-1)14-4-3-13(11-16-14)17-12-5-7-15-8-6-12/h3-4,11-12,15,17H,1-2,5-10H2. The number of rotatable bonds is 3. The second kappa shape index (κ2) is 5.57. The molecule has 1 aromatic rings. The summed E-state index contributed by atoms with van der Waals surface area (Å²) in [6.07, 6.45) is 6.99. The van der Waals surface area contributed by atoms with Gasteiger partial charge in [-0.2, -0.15) is 0 Å². The van der Waals surface area contributed by atoms with E-state index in [9.17, 15) is 0 Å². The van der Waals surface area contributed by atoms with Gasteiger partial charge in [-0.15, -0.1) is 0 Å². The summed E-state index contributed by atoms with van der Waals surface area (Å²) in [6.45, 7) is 4.57. The Morgan fingerprint density at radius 3 is 2.61 bits per heavy atom. The lowest BCUT2D eigenvalue weighted by molar-refractivity contribution is 0.479. The number of pyridine rings is 1. The van der Waals surface area contributed by atoms with Gasteiger partial charge in [-0.05, 0) is 50.9 Å². The molecule has 0 spiro atoms. The molecule has 2 aliphatic heterocycles. The van der Waals surface area contributed by atoms with E-state index < -0.39 is 0 Å². The second-order valence-corrected chi connectivity index (χ2v) is 5.27. The molecule has 18 heavy (non-hydrogen) atoms. The van der Waals surface area contributed by atoms with Crippen LogP contribution in [0, 0.1) is 0 Å². The van der Waals surface area contributed by atoms with Crippen LogP contribution in [0.2, 0.25) is 0 Å². The molecule has 3 rings (SSSR count). The third kappa shape index (κ3) is 2.75. The molecular weight excluding hydrogens is 224 g/mol. The van der Waals surface area contributed by atoms with Gasteiger partial charge in [0.15, 0.2) is 0 Å². The average molecular weight is 246 g/mol. The highest BCUT2D eigenvalue weighted by Gasteiger charge is 2.14. The summed E-state index contributed by atoms with van der Waals surface area (Å²) in [5, 5.41) is 6.96. The monoisotopic (exact) mass is 246 g/mol. The van der Waals surface area contributed by atoms with Crippen molar-refractivity contribution >= 4 is 11.5 Å². The zero-order chi connectivity index (χ0) is 12.2. The van der Waals surface area contributed by atoms with Crippen molar-refractivity contribution in [2.24, 2.45) is 0 Å². The van der Waals surface area contributed by atoms with Crippen molar-refractivity contribution in [3.8, 4) is 0 Å². The minimum Gasteiger partial charge on any atom is -0.381 e. The summed E-state index contributed by atoms with van der Waals surface area (Å²) in [5.74, 6) is 1.13. The molecule has 4 heteroatoms. The molecule has 1 aromatic heterocycles. The largest absolute Gasteiger partial charge is 0.381 e. The minimum atomic E-state index is 0.602. The Balaban J connectivity index is 1.59. The molecule has 0 atom stereocenters. The van der Waals surface area contributed by atoms with Gasteiger partial charge in [-0.25, -0.2) is 4.98 Å². The number of anilines is 2. The first-order chi connectivity index (χ1) is 8.92. The third-order valence-corrected chi connectivity index (χ3v) is 3.89. The highest BCUT2D eigenvalue weighted by Crippen LogP contribution is 2.20. The molecule has 2 fully saturated rings. The van der Waals surface area contributed by atoms with Crippen LogP contribution in [0.4, 0.5) is 11.5 Å². The van der Waals surface area contributed by atoms with Gasteiger partial charge >= 0.3 is 0 Å². The first-order valence-corrected chi connectivity index (χ1v) is 7.10.